The first-order chi connectivity index (χ1) is 5.65. The molecule has 2 atom stereocenters. The van der Waals surface area contributed by atoms with Gasteiger partial charge in [0.1, 0.15) is 0 Å². The topological polar surface area (TPSA) is 55.4 Å². The van der Waals surface area contributed by atoms with Gasteiger partial charge in [0.15, 0.2) is 0 Å². The molecule has 12 heavy (non-hydrogen) atoms. The molecular formula is C8H13NO3. The Morgan fingerprint density at radius 2 is 2.42 bits per heavy atom. The summed E-state index contributed by atoms with van der Waals surface area (Å²) in [5.74, 6) is -0.473. The Bertz CT molecular complexity index is 202. The van der Waals surface area contributed by atoms with Gasteiger partial charge in [-0.15, -0.1) is 0 Å². The zero-order chi connectivity index (χ0) is 9.14. The van der Waals surface area contributed by atoms with Gasteiger partial charge < -0.3 is 10.1 Å². The number of nitrogens with one attached hydrogen (secondary N) is 1. The molecule has 0 bridgehead atoms. The van der Waals surface area contributed by atoms with Crippen LogP contribution in [0.2, 0.25) is 0 Å². The third-order valence-corrected chi connectivity index (χ3v) is 2.21. The van der Waals surface area contributed by atoms with Gasteiger partial charge in [-0.25, -0.2) is 0 Å². The van der Waals surface area contributed by atoms with Crippen LogP contribution in [0.5, 0.6) is 0 Å². The largest absolute Gasteiger partial charge is 0.469 e. The number of rotatable bonds is 2. The van der Waals surface area contributed by atoms with Crippen LogP contribution in [-0.2, 0) is 14.3 Å². The molecule has 1 amide bonds. The van der Waals surface area contributed by atoms with Gasteiger partial charge in [-0.2, -0.15) is 0 Å². The standard InChI is InChI=1S/C8H13NO3/c1-5(8(11)12-2)6-3-4-7(10)9-6/h5-6H,3-4H2,1-2H3,(H,9,10)/t5-,6+/m0/s1. The summed E-state index contributed by atoms with van der Waals surface area (Å²) in [7, 11) is 1.36. The molecule has 1 saturated heterocycles. The van der Waals surface area contributed by atoms with Crippen LogP contribution < -0.4 is 5.32 Å². The van der Waals surface area contributed by atoms with Crippen molar-refractivity contribution in [1.82, 2.24) is 5.32 Å². The second-order valence-corrected chi connectivity index (χ2v) is 3.02. The quantitative estimate of drug-likeness (QED) is 0.598. The lowest BCUT2D eigenvalue weighted by Gasteiger charge is -2.15. The molecule has 0 unspecified atom stereocenters. The molecular weight excluding hydrogens is 158 g/mol. The second-order valence-electron chi connectivity index (χ2n) is 3.02. The highest BCUT2D eigenvalue weighted by molar-refractivity contribution is 5.81. The molecule has 1 aliphatic rings. The summed E-state index contributed by atoms with van der Waals surface area (Å²) in [4.78, 5) is 21.8. The highest BCUT2D eigenvalue weighted by Gasteiger charge is 2.30. The third kappa shape index (κ3) is 1.75. The fraction of sp³-hybridized carbons (Fsp3) is 0.750. The molecule has 0 aromatic carbocycles. The SMILES string of the molecule is COC(=O)[C@@H](C)[C@H]1CCC(=O)N1. The van der Waals surface area contributed by atoms with E-state index < -0.39 is 0 Å². The molecule has 0 aliphatic carbocycles. The monoisotopic (exact) mass is 171 g/mol. The van der Waals surface area contributed by atoms with Gasteiger partial charge in [0.2, 0.25) is 5.91 Å². The molecule has 1 fully saturated rings. The van der Waals surface area contributed by atoms with Crippen LogP contribution in [0, 0.1) is 5.92 Å². The van der Waals surface area contributed by atoms with E-state index in [0.717, 1.165) is 6.42 Å². The molecule has 0 spiro atoms. The fourth-order valence-electron chi connectivity index (χ4n) is 1.36. The van der Waals surface area contributed by atoms with Gasteiger partial charge in [0, 0.05) is 12.5 Å². The minimum Gasteiger partial charge on any atom is -0.469 e. The molecule has 0 aromatic rings. The molecule has 4 nitrogen and oxygen atoms in total. The van der Waals surface area contributed by atoms with Crippen molar-refractivity contribution in [3.63, 3.8) is 0 Å². The van der Waals surface area contributed by atoms with Gasteiger partial charge in [-0.05, 0) is 13.3 Å². The van der Waals surface area contributed by atoms with E-state index in [2.05, 4.69) is 10.1 Å². The summed E-state index contributed by atoms with van der Waals surface area (Å²) in [5.41, 5.74) is 0. The zero-order valence-electron chi connectivity index (χ0n) is 7.29. The Labute approximate surface area is 71.3 Å². The molecule has 1 rings (SSSR count). The Balaban J connectivity index is 2.48. The Morgan fingerprint density at radius 3 is 2.83 bits per heavy atom. The molecule has 0 saturated carbocycles. The van der Waals surface area contributed by atoms with E-state index in [0.29, 0.717) is 6.42 Å². The van der Waals surface area contributed by atoms with Crippen molar-refractivity contribution in [2.75, 3.05) is 7.11 Å². The van der Waals surface area contributed by atoms with Crippen LogP contribution in [-0.4, -0.2) is 25.0 Å². The highest BCUT2D eigenvalue weighted by atomic mass is 16.5. The zero-order valence-corrected chi connectivity index (χ0v) is 7.29. The molecule has 4 heteroatoms. The summed E-state index contributed by atoms with van der Waals surface area (Å²) < 4.78 is 4.57. The summed E-state index contributed by atoms with van der Waals surface area (Å²) in [6, 6.07) is -0.0371. The molecule has 1 heterocycles. The normalized spacial score (nSPS) is 24.8. The summed E-state index contributed by atoms with van der Waals surface area (Å²) in [6.07, 6.45) is 1.25. The first-order valence-corrected chi connectivity index (χ1v) is 4.02. The number of methoxy groups -OCH3 is 1. The fourth-order valence-corrected chi connectivity index (χ4v) is 1.36. The average molecular weight is 171 g/mol. The predicted molar refractivity (Wildman–Crippen MR) is 42.3 cm³/mol. The first-order valence-electron chi connectivity index (χ1n) is 4.02. The molecule has 68 valence electrons. The Kier molecular flexibility index (Phi) is 2.68. The highest BCUT2D eigenvalue weighted by Crippen LogP contribution is 2.16. The van der Waals surface area contributed by atoms with E-state index >= 15 is 0 Å². The van der Waals surface area contributed by atoms with Gasteiger partial charge in [-0.3, -0.25) is 9.59 Å². The van der Waals surface area contributed by atoms with Crippen LogP contribution in [0.4, 0.5) is 0 Å². The first kappa shape index (κ1) is 9.03. The van der Waals surface area contributed by atoms with Crippen molar-refractivity contribution in [3.05, 3.63) is 0 Å². The predicted octanol–water partition coefficient (Wildman–Crippen LogP) is 0.0741. The summed E-state index contributed by atoms with van der Waals surface area (Å²) >= 11 is 0. The van der Waals surface area contributed by atoms with Crippen LogP contribution in [0.15, 0.2) is 0 Å². The molecule has 1 aliphatic heterocycles. The van der Waals surface area contributed by atoms with E-state index in [-0.39, 0.29) is 23.8 Å². The number of carbonyl (C=O) groups is 2. The lowest BCUT2D eigenvalue weighted by atomic mass is 10.0. The average Bonchev–Trinajstić information content (AvgIpc) is 2.49. The summed E-state index contributed by atoms with van der Waals surface area (Å²) in [6.45, 7) is 1.77. The number of carbonyl (C=O) groups excluding carboxylic acids is 2. The van der Waals surface area contributed by atoms with Crippen LogP contribution in [0.1, 0.15) is 19.8 Å². The molecule has 1 N–H and O–H groups in total. The van der Waals surface area contributed by atoms with E-state index in [1.165, 1.54) is 7.11 Å². The van der Waals surface area contributed by atoms with Crippen molar-refractivity contribution in [2.45, 2.75) is 25.8 Å². The van der Waals surface area contributed by atoms with Gasteiger partial charge in [-0.1, -0.05) is 0 Å². The van der Waals surface area contributed by atoms with Crippen molar-refractivity contribution in [2.24, 2.45) is 5.92 Å². The van der Waals surface area contributed by atoms with Gasteiger partial charge in [0.25, 0.3) is 0 Å². The number of amides is 1. The number of hydrogen-bond acceptors (Lipinski definition) is 3. The van der Waals surface area contributed by atoms with Gasteiger partial charge in [0.05, 0.1) is 13.0 Å². The number of esters is 1. The maximum atomic E-state index is 11.0. The lowest BCUT2D eigenvalue weighted by molar-refractivity contribution is -0.145. The third-order valence-electron chi connectivity index (χ3n) is 2.21. The number of ether oxygens (including phenoxy) is 1. The molecule has 0 aromatic heterocycles. The smallest absolute Gasteiger partial charge is 0.310 e. The van der Waals surface area contributed by atoms with Crippen LogP contribution >= 0.6 is 0 Å². The van der Waals surface area contributed by atoms with E-state index in [1.807, 2.05) is 0 Å². The molecule has 0 radical (unpaired) electrons. The van der Waals surface area contributed by atoms with E-state index in [9.17, 15) is 9.59 Å². The van der Waals surface area contributed by atoms with Crippen molar-refractivity contribution in [1.29, 1.82) is 0 Å². The maximum absolute atomic E-state index is 11.0. The van der Waals surface area contributed by atoms with Gasteiger partial charge >= 0.3 is 5.97 Å². The van der Waals surface area contributed by atoms with Crippen LogP contribution in [0.3, 0.4) is 0 Å². The second kappa shape index (κ2) is 3.56. The van der Waals surface area contributed by atoms with Crippen molar-refractivity contribution >= 4 is 11.9 Å². The minimum absolute atomic E-state index is 0.0238. The van der Waals surface area contributed by atoms with Crippen LogP contribution in [0.25, 0.3) is 0 Å². The van der Waals surface area contributed by atoms with Crippen molar-refractivity contribution < 1.29 is 14.3 Å². The lowest BCUT2D eigenvalue weighted by Crippen LogP contribution is -2.36. The van der Waals surface area contributed by atoms with Crippen molar-refractivity contribution in [3.8, 4) is 0 Å². The van der Waals surface area contributed by atoms with E-state index in [1.54, 1.807) is 6.92 Å². The number of hydrogen-bond donors (Lipinski definition) is 1. The summed E-state index contributed by atoms with van der Waals surface area (Å²) in [5, 5.41) is 2.73. The Hall–Kier alpha value is -1.06. The minimum atomic E-state index is -0.262. The van der Waals surface area contributed by atoms with E-state index in [4.69, 9.17) is 0 Å². The Morgan fingerprint density at radius 1 is 1.75 bits per heavy atom. The maximum Gasteiger partial charge on any atom is 0.310 e.